The predicted octanol–water partition coefficient (Wildman–Crippen LogP) is 2.07. The third kappa shape index (κ3) is 3.63. The molecular formula is C17H25N3O. The molecule has 21 heavy (non-hydrogen) atoms. The van der Waals surface area contributed by atoms with E-state index in [1.165, 1.54) is 18.4 Å². The average Bonchev–Trinajstić information content (AvgIpc) is 2.77. The van der Waals surface area contributed by atoms with E-state index >= 15 is 0 Å². The topological polar surface area (TPSA) is 44.4 Å². The largest absolute Gasteiger partial charge is 0.325 e. The van der Waals surface area contributed by atoms with Crippen molar-refractivity contribution in [2.45, 2.75) is 45.2 Å². The molecule has 2 unspecified atom stereocenters. The highest BCUT2D eigenvalue weighted by Crippen LogP contribution is 2.20. The van der Waals surface area contributed by atoms with Gasteiger partial charge in [0.15, 0.2) is 0 Å². The molecule has 2 saturated heterocycles. The Morgan fingerprint density at radius 3 is 2.95 bits per heavy atom. The van der Waals surface area contributed by atoms with Crippen LogP contribution in [-0.4, -0.2) is 42.5 Å². The number of hydrogen-bond acceptors (Lipinski definition) is 3. The Hall–Kier alpha value is -1.39. The lowest BCUT2D eigenvalue weighted by atomic mass is 10.1. The molecule has 2 fully saturated rings. The van der Waals surface area contributed by atoms with Gasteiger partial charge in [0, 0.05) is 30.9 Å². The summed E-state index contributed by atoms with van der Waals surface area (Å²) in [5, 5.41) is 6.71. The molecule has 0 spiro atoms. The Morgan fingerprint density at radius 2 is 2.10 bits per heavy atom. The van der Waals surface area contributed by atoms with E-state index in [2.05, 4.69) is 27.7 Å². The molecule has 114 valence electrons. The third-order valence-corrected chi connectivity index (χ3v) is 4.64. The lowest BCUT2D eigenvalue weighted by Crippen LogP contribution is -2.39. The lowest BCUT2D eigenvalue weighted by molar-refractivity contribution is -0.117. The van der Waals surface area contributed by atoms with Crippen molar-refractivity contribution < 1.29 is 4.79 Å². The summed E-state index contributed by atoms with van der Waals surface area (Å²) in [4.78, 5) is 14.6. The second kappa shape index (κ2) is 6.16. The zero-order valence-electron chi connectivity index (χ0n) is 13.0. The number of carbonyl (C=O) groups excluding carboxylic acids is 1. The van der Waals surface area contributed by atoms with Crippen molar-refractivity contribution in [2.75, 3.05) is 25.0 Å². The summed E-state index contributed by atoms with van der Waals surface area (Å²) in [5.41, 5.74) is 3.23. The molecule has 2 aliphatic heterocycles. The van der Waals surface area contributed by atoms with Crippen molar-refractivity contribution in [3.05, 3.63) is 29.3 Å². The Kier molecular flexibility index (Phi) is 4.27. The molecule has 0 radical (unpaired) electrons. The summed E-state index contributed by atoms with van der Waals surface area (Å²) < 4.78 is 0. The van der Waals surface area contributed by atoms with Crippen LogP contribution in [0.1, 0.15) is 30.4 Å². The molecule has 1 aromatic rings. The van der Waals surface area contributed by atoms with E-state index in [0.29, 0.717) is 18.6 Å². The van der Waals surface area contributed by atoms with Crippen molar-refractivity contribution in [1.82, 2.24) is 10.2 Å². The number of nitrogens with one attached hydrogen (secondary N) is 2. The van der Waals surface area contributed by atoms with E-state index < -0.39 is 0 Å². The zero-order valence-corrected chi connectivity index (χ0v) is 13.0. The van der Waals surface area contributed by atoms with Gasteiger partial charge in [-0.2, -0.15) is 0 Å². The number of amides is 1. The van der Waals surface area contributed by atoms with Crippen LogP contribution in [-0.2, 0) is 4.79 Å². The van der Waals surface area contributed by atoms with Crippen LogP contribution in [0.25, 0.3) is 0 Å². The standard InChI is InChI=1S/C17H25N3O/c1-12-3-4-13(2)16(9-12)19-17(21)11-20-8-7-14-5-6-15(10-20)18-14/h3-4,9,14-15,18H,5-8,10-11H2,1-2H3,(H,19,21). The first kappa shape index (κ1) is 14.5. The molecule has 2 N–H and O–H groups in total. The van der Waals surface area contributed by atoms with Gasteiger partial charge in [-0.05, 0) is 50.3 Å². The minimum Gasteiger partial charge on any atom is -0.325 e. The lowest BCUT2D eigenvalue weighted by Gasteiger charge is -2.23. The Balaban J connectivity index is 1.57. The fourth-order valence-electron chi connectivity index (χ4n) is 3.42. The minimum atomic E-state index is 0.0986. The summed E-state index contributed by atoms with van der Waals surface area (Å²) in [7, 11) is 0. The van der Waals surface area contributed by atoms with Crippen molar-refractivity contribution in [1.29, 1.82) is 0 Å². The monoisotopic (exact) mass is 287 g/mol. The fraction of sp³-hybridized carbons (Fsp3) is 0.588. The first-order valence-corrected chi connectivity index (χ1v) is 7.95. The van der Waals surface area contributed by atoms with E-state index in [4.69, 9.17) is 0 Å². The van der Waals surface area contributed by atoms with Gasteiger partial charge in [0.2, 0.25) is 5.91 Å². The molecular weight excluding hydrogens is 262 g/mol. The summed E-state index contributed by atoms with van der Waals surface area (Å²) >= 11 is 0. The van der Waals surface area contributed by atoms with Gasteiger partial charge in [-0.3, -0.25) is 9.69 Å². The molecule has 2 heterocycles. The average molecular weight is 287 g/mol. The molecule has 2 bridgehead atoms. The maximum Gasteiger partial charge on any atom is 0.238 e. The van der Waals surface area contributed by atoms with E-state index in [1.54, 1.807) is 0 Å². The number of rotatable bonds is 3. The second-order valence-electron chi connectivity index (χ2n) is 6.53. The van der Waals surface area contributed by atoms with Crippen LogP contribution in [0.2, 0.25) is 0 Å². The second-order valence-corrected chi connectivity index (χ2v) is 6.53. The van der Waals surface area contributed by atoms with Gasteiger partial charge in [-0.1, -0.05) is 12.1 Å². The third-order valence-electron chi connectivity index (χ3n) is 4.64. The first-order valence-electron chi connectivity index (χ1n) is 7.95. The Bertz CT molecular complexity index is 529. The van der Waals surface area contributed by atoms with E-state index in [9.17, 15) is 4.79 Å². The van der Waals surface area contributed by atoms with Gasteiger partial charge in [0.05, 0.1) is 6.54 Å². The molecule has 4 heteroatoms. The van der Waals surface area contributed by atoms with Crippen molar-refractivity contribution in [2.24, 2.45) is 0 Å². The Labute approximate surface area is 126 Å². The highest BCUT2D eigenvalue weighted by Gasteiger charge is 2.29. The summed E-state index contributed by atoms with van der Waals surface area (Å²) in [5.74, 6) is 0.0986. The van der Waals surface area contributed by atoms with Gasteiger partial charge < -0.3 is 10.6 Å². The van der Waals surface area contributed by atoms with Crippen LogP contribution in [0, 0.1) is 13.8 Å². The molecule has 1 aromatic carbocycles. The quantitative estimate of drug-likeness (QED) is 0.894. The van der Waals surface area contributed by atoms with Crippen molar-refractivity contribution in [3.8, 4) is 0 Å². The molecule has 3 rings (SSSR count). The van der Waals surface area contributed by atoms with Crippen LogP contribution >= 0.6 is 0 Å². The predicted molar refractivity (Wildman–Crippen MR) is 85.5 cm³/mol. The number of nitrogens with zero attached hydrogens (tertiary/aromatic N) is 1. The SMILES string of the molecule is Cc1ccc(C)c(NC(=O)CN2CCC3CCC(C2)N3)c1. The number of fused-ring (bicyclic) bond motifs is 2. The fourth-order valence-corrected chi connectivity index (χ4v) is 3.42. The van der Waals surface area contributed by atoms with Crippen LogP contribution in [0.4, 0.5) is 5.69 Å². The maximum atomic E-state index is 12.3. The molecule has 2 aliphatic rings. The van der Waals surface area contributed by atoms with Crippen LogP contribution in [0.3, 0.4) is 0 Å². The summed E-state index contributed by atoms with van der Waals surface area (Å²) in [6.45, 7) is 6.60. The van der Waals surface area contributed by atoms with E-state index in [1.807, 2.05) is 19.9 Å². The first-order chi connectivity index (χ1) is 10.1. The van der Waals surface area contributed by atoms with E-state index in [-0.39, 0.29) is 5.91 Å². The molecule has 0 aromatic heterocycles. The normalized spacial score (nSPS) is 25.6. The number of benzene rings is 1. The highest BCUT2D eigenvalue weighted by atomic mass is 16.2. The molecule has 1 amide bonds. The van der Waals surface area contributed by atoms with Crippen molar-refractivity contribution in [3.63, 3.8) is 0 Å². The molecule has 2 atom stereocenters. The molecule has 0 aliphatic carbocycles. The Morgan fingerprint density at radius 1 is 1.29 bits per heavy atom. The highest BCUT2D eigenvalue weighted by molar-refractivity contribution is 5.93. The summed E-state index contributed by atoms with van der Waals surface area (Å²) in [6.07, 6.45) is 3.71. The van der Waals surface area contributed by atoms with Gasteiger partial charge in [-0.15, -0.1) is 0 Å². The van der Waals surface area contributed by atoms with Crippen LogP contribution in [0.5, 0.6) is 0 Å². The number of carbonyl (C=O) groups is 1. The maximum absolute atomic E-state index is 12.3. The van der Waals surface area contributed by atoms with Gasteiger partial charge >= 0.3 is 0 Å². The smallest absolute Gasteiger partial charge is 0.238 e. The number of aryl methyl sites for hydroxylation is 2. The minimum absolute atomic E-state index is 0.0986. The number of anilines is 1. The van der Waals surface area contributed by atoms with Crippen LogP contribution < -0.4 is 10.6 Å². The van der Waals surface area contributed by atoms with E-state index in [0.717, 1.165) is 30.8 Å². The number of likely N-dealkylation sites (tertiary alicyclic amines) is 1. The van der Waals surface area contributed by atoms with Gasteiger partial charge in [0.1, 0.15) is 0 Å². The van der Waals surface area contributed by atoms with Gasteiger partial charge in [-0.25, -0.2) is 0 Å². The van der Waals surface area contributed by atoms with Gasteiger partial charge in [0.25, 0.3) is 0 Å². The number of hydrogen-bond donors (Lipinski definition) is 2. The zero-order chi connectivity index (χ0) is 14.8. The molecule has 0 saturated carbocycles. The molecule has 4 nitrogen and oxygen atoms in total. The van der Waals surface area contributed by atoms with Crippen molar-refractivity contribution >= 4 is 11.6 Å². The van der Waals surface area contributed by atoms with Crippen LogP contribution in [0.15, 0.2) is 18.2 Å². The summed E-state index contributed by atoms with van der Waals surface area (Å²) in [6, 6.07) is 7.41.